The Kier molecular flexibility index (Phi) is 17.7. The smallest absolute Gasteiger partial charge is 0.0713 e. The van der Waals surface area contributed by atoms with Crippen molar-refractivity contribution in [1.29, 1.82) is 0 Å². The molecule has 0 radical (unpaired) electrons. The van der Waals surface area contributed by atoms with Crippen molar-refractivity contribution in [1.82, 2.24) is 0 Å². The van der Waals surface area contributed by atoms with Gasteiger partial charge in [-0.2, -0.15) is 0 Å². The van der Waals surface area contributed by atoms with Gasteiger partial charge in [-0.05, 0) is 32.1 Å². The molecule has 0 aromatic heterocycles. The maximum Gasteiger partial charge on any atom is 0.0713 e. The zero-order valence-corrected chi connectivity index (χ0v) is 15.4. The largest absolute Gasteiger partial charge is 0.395 e. The summed E-state index contributed by atoms with van der Waals surface area (Å²) >= 11 is 0. The Morgan fingerprint density at radius 2 is 1.26 bits per heavy atom. The van der Waals surface area contributed by atoms with Crippen molar-refractivity contribution >= 4 is 0 Å². The first-order valence-corrected chi connectivity index (χ1v) is 9.91. The van der Waals surface area contributed by atoms with E-state index in [-0.39, 0.29) is 6.61 Å². The maximum absolute atomic E-state index is 9.63. The highest BCUT2D eigenvalue weighted by atomic mass is 16.3. The maximum atomic E-state index is 9.63. The van der Waals surface area contributed by atoms with E-state index in [4.69, 9.17) is 10.8 Å². The molecule has 0 fully saturated rings. The minimum Gasteiger partial charge on any atom is -0.395 e. The van der Waals surface area contributed by atoms with Gasteiger partial charge in [-0.15, -0.1) is 0 Å². The Morgan fingerprint density at radius 3 is 1.78 bits per heavy atom. The zero-order chi connectivity index (χ0) is 17.2. The average molecular weight is 328 g/mol. The molecule has 3 heteroatoms. The van der Waals surface area contributed by atoms with E-state index in [1.807, 2.05) is 0 Å². The van der Waals surface area contributed by atoms with Gasteiger partial charge in [0.1, 0.15) is 0 Å². The van der Waals surface area contributed by atoms with Crippen molar-refractivity contribution in [2.24, 2.45) is 5.73 Å². The van der Waals surface area contributed by atoms with Gasteiger partial charge < -0.3 is 15.9 Å². The molecule has 2 atom stereocenters. The highest BCUT2D eigenvalue weighted by Crippen LogP contribution is 2.12. The fourth-order valence-electron chi connectivity index (χ4n) is 2.76. The van der Waals surface area contributed by atoms with Crippen LogP contribution >= 0.6 is 0 Å². The van der Waals surface area contributed by atoms with Crippen LogP contribution in [0.5, 0.6) is 0 Å². The molecule has 4 N–H and O–H groups in total. The molecular weight excluding hydrogens is 286 g/mol. The Morgan fingerprint density at radius 1 is 0.783 bits per heavy atom. The molecule has 138 valence electrons. The van der Waals surface area contributed by atoms with E-state index in [0.29, 0.717) is 6.42 Å². The zero-order valence-electron chi connectivity index (χ0n) is 15.4. The van der Waals surface area contributed by atoms with Gasteiger partial charge in [0.05, 0.1) is 18.8 Å². The van der Waals surface area contributed by atoms with Crippen LogP contribution in [0.4, 0.5) is 0 Å². The van der Waals surface area contributed by atoms with E-state index in [1.165, 1.54) is 70.6 Å². The third kappa shape index (κ3) is 16.3. The van der Waals surface area contributed by atoms with Crippen LogP contribution in [0.3, 0.4) is 0 Å². The lowest BCUT2D eigenvalue weighted by molar-refractivity contribution is 0.0990. The van der Waals surface area contributed by atoms with Crippen LogP contribution in [0.25, 0.3) is 0 Å². The number of hydrogen-bond donors (Lipinski definition) is 3. The molecule has 0 aliphatic rings. The van der Waals surface area contributed by atoms with Crippen molar-refractivity contribution in [3.8, 4) is 0 Å². The quantitative estimate of drug-likeness (QED) is 0.268. The molecule has 0 aromatic carbocycles. The van der Waals surface area contributed by atoms with Crippen LogP contribution < -0.4 is 5.73 Å². The number of aliphatic hydroxyl groups is 2. The monoisotopic (exact) mass is 327 g/mol. The summed E-state index contributed by atoms with van der Waals surface area (Å²) in [5.41, 5.74) is 5.57. The van der Waals surface area contributed by atoms with Crippen LogP contribution in [-0.2, 0) is 0 Å². The van der Waals surface area contributed by atoms with Gasteiger partial charge in [0.2, 0.25) is 0 Å². The van der Waals surface area contributed by atoms with Crippen molar-refractivity contribution < 1.29 is 10.2 Å². The third-order valence-corrected chi connectivity index (χ3v) is 4.47. The number of nitrogens with two attached hydrogens (primary N) is 1. The Balaban J connectivity index is 3.17. The summed E-state index contributed by atoms with van der Waals surface area (Å²) in [5, 5.41) is 18.5. The molecule has 2 unspecified atom stereocenters. The van der Waals surface area contributed by atoms with Crippen molar-refractivity contribution in [2.75, 3.05) is 6.61 Å². The third-order valence-electron chi connectivity index (χ3n) is 4.47. The van der Waals surface area contributed by atoms with Gasteiger partial charge in [-0.3, -0.25) is 0 Å². The Bertz CT molecular complexity index is 256. The van der Waals surface area contributed by atoms with E-state index in [2.05, 4.69) is 19.1 Å². The molecule has 0 bridgehead atoms. The normalized spacial score (nSPS) is 14.4. The Hall–Kier alpha value is -0.380. The van der Waals surface area contributed by atoms with E-state index in [9.17, 15) is 5.11 Å². The lowest BCUT2D eigenvalue weighted by Gasteiger charge is -2.15. The highest BCUT2D eigenvalue weighted by Gasteiger charge is 2.12. The summed E-state index contributed by atoms with van der Waals surface area (Å²) in [6, 6.07) is -0.477. The second-order valence-corrected chi connectivity index (χ2v) is 6.79. The lowest BCUT2D eigenvalue weighted by Crippen LogP contribution is -2.37. The minimum atomic E-state index is -0.547. The number of rotatable bonds is 17. The van der Waals surface area contributed by atoms with Gasteiger partial charge in [0.25, 0.3) is 0 Å². The van der Waals surface area contributed by atoms with Gasteiger partial charge in [0, 0.05) is 0 Å². The van der Waals surface area contributed by atoms with Gasteiger partial charge in [-0.1, -0.05) is 76.9 Å². The summed E-state index contributed by atoms with van der Waals surface area (Å²) in [6.07, 6.45) is 21.5. The van der Waals surface area contributed by atoms with E-state index in [0.717, 1.165) is 12.8 Å². The number of allylic oxidation sites excluding steroid dienone is 2. The van der Waals surface area contributed by atoms with Crippen LogP contribution in [0, 0.1) is 0 Å². The van der Waals surface area contributed by atoms with Crippen LogP contribution in [0.2, 0.25) is 0 Å². The summed E-state index contributed by atoms with van der Waals surface area (Å²) in [6.45, 7) is 2.13. The molecule has 0 aromatic rings. The molecule has 0 heterocycles. The van der Waals surface area contributed by atoms with Crippen molar-refractivity contribution in [3.63, 3.8) is 0 Å². The summed E-state index contributed by atoms with van der Waals surface area (Å²) in [4.78, 5) is 0. The minimum absolute atomic E-state index is 0.131. The fourth-order valence-corrected chi connectivity index (χ4v) is 2.76. The average Bonchev–Trinajstić information content (AvgIpc) is 2.57. The standard InChI is InChI=1S/C20H41NO2/c1-2-3-4-5-6-7-8-9-10-11-12-13-14-15-16-17-20(23)19(21)18-22/h7-8,19-20,22-23H,2-6,9-18,21H2,1H3. The van der Waals surface area contributed by atoms with Crippen molar-refractivity contribution in [3.05, 3.63) is 12.2 Å². The summed E-state index contributed by atoms with van der Waals surface area (Å²) < 4.78 is 0. The first-order chi connectivity index (χ1) is 11.2. The molecule has 0 rings (SSSR count). The molecule has 0 spiro atoms. The molecule has 0 aliphatic carbocycles. The number of unbranched alkanes of at least 4 members (excludes halogenated alkanes) is 11. The van der Waals surface area contributed by atoms with Crippen LogP contribution in [0.15, 0.2) is 12.2 Å². The molecular formula is C20H41NO2. The van der Waals surface area contributed by atoms with Crippen LogP contribution in [-0.4, -0.2) is 29.0 Å². The Labute approximate surface area is 144 Å². The first kappa shape index (κ1) is 22.6. The van der Waals surface area contributed by atoms with Gasteiger partial charge in [-0.25, -0.2) is 0 Å². The molecule has 0 saturated carbocycles. The van der Waals surface area contributed by atoms with Gasteiger partial charge in [0.15, 0.2) is 0 Å². The van der Waals surface area contributed by atoms with Crippen LogP contribution in [0.1, 0.15) is 96.8 Å². The number of aliphatic hydroxyl groups excluding tert-OH is 2. The molecule has 3 nitrogen and oxygen atoms in total. The predicted molar refractivity (Wildman–Crippen MR) is 101 cm³/mol. The SMILES string of the molecule is CCCCCCC=CCCCCCCCCCC(O)C(N)CO. The molecule has 23 heavy (non-hydrogen) atoms. The predicted octanol–water partition coefficient (Wildman–Crippen LogP) is 4.70. The highest BCUT2D eigenvalue weighted by molar-refractivity contribution is 4.81. The van der Waals surface area contributed by atoms with E-state index >= 15 is 0 Å². The second-order valence-electron chi connectivity index (χ2n) is 6.79. The molecule has 0 saturated heterocycles. The van der Waals surface area contributed by atoms with E-state index < -0.39 is 12.1 Å². The lowest BCUT2D eigenvalue weighted by atomic mass is 10.0. The van der Waals surface area contributed by atoms with Crippen molar-refractivity contribution in [2.45, 2.75) is 109 Å². The number of hydrogen-bond acceptors (Lipinski definition) is 3. The summed E-state index contributed by atoms with van der Waals surface area (Å²) in [7, 11) is 0. The topological polar surface area (TPSA) is 66.5 Å². The summed E-state index contributed by atoms with van der Waals surface area (Å²) in [5.74, 6) is 0. The second kappa shape index (κ2) is 18.0. The van der Waals surface area contributed by atoms with Gasteiger partial charge >= 0.3 is 0 Å². The molecule has 0 amide bonds. The molecule has 0 aliphatic heterocycles. The fraction of sp³-hybridized carbons (Fsp3) is 0.900. The van der Waals surface area contributed by atoms with E-state index in [1.54, 1.807) is 0 Å². The first-order valence-electron chi connectivity index (χ1n) is 9.91.